The van der Waals surface area contributed by atoms with Gasteiger partial charge in [0.1, 0.15) is 5.56 Å². The summed E-state index contributed by atoms with van der Waals surface area (Å²) in [5, 5.41) is 17.6. The highest BCUT2D eigenvalue weighted by Gasteiger charge is 2.17. The van der Waals surface area contributed by atoms with E-state index in [2.05, 4.69) is 15.5 Å². The van der Waals surface area contributed by atoms with Gasteiger partial charge < -0.3 is 10.4 Å². The van der Waals surface area contributed by atoms with Crippen LogP contribution >= 0.6 is 0 Å². The summed E-state index contributed by atoms with van der Waals surface area (Å²) >= 11 is 0. The van der Waals surface area contributed by atoms with Gasteiger partial charge in [-0.1, -0.05) is 0 Å². The van der Waals surface area contributed by atoms with Gasteiger partial charge in [-0.3, -0.25) is 9.59 Å². The van der Waals surface area contributed by atoms with Gasteiger partial charge in [0, 0.05) is 12.6 Å². The number of rotatable bonds is 5. The number of aliphatic hydroxyl groups excluding tert-OH is 1. The Morgan fingerprint density at radius 1 is 1.50 bits per heavy atom. The van der Waals surface area contributed by atoms with Crippen LogP contribution in [-0.2, 0) is 0 Å². The molecule has 0 saturated carbocycles. The average Bonchev–Trinajstić information content (AvgIpc) is 2.31. The highest BCUT2D eigenvalue weighted by Crippen LogP contribution is 2.06. The van der Waals surface area contributed by atoms with Gasteiger partial charge in [-0.05, 0) is 39.2 Å². The quantitative estimate of drug-likeness (QED) is 0.702. The van der Waals surface area contributed by atoms with Crippen LogP contribution in [-0.4, -0.2) is 33.9 Å². The lowest BCUT2D eigenvalue weighted by Crippen LogP contribution is -2.37. The topological polar surface area (TPSA) is 95.1 Å². The zero-order valence-corrected chi connectivity index (χ0v) is 10.9. The van der Waals surface area contributed by atoms with Gasteiger partial charge in [-0.15, -0.1) is 0 Å². The lowest BCUT2D eigenvalue weighted by Gasteiger charge is -2.14. The van der Waals surface area contributed by atoms with E-state index in [0.29, 0.717) is 24.1 Å². The van der Waals surface area contributed by atoms with Gasteiger partial charge in [0.25, 0.3) is 11.5 Å². The van der Waals surface area contributed by atoms with Crippen molar-refractivity contribution in [3.05, 3.63) is 27.2 Å². The molecule has 1 aromatic rings. The molecule has 3 N–H and O–H groups in total. The van der Waals surface area contributed by atoms with Crippen LogP contribution in [0.2, 0.25) is 0 Å². The van der Waals surface area contributed by atoms with Crippen LogP contribution in [0.4, 0.5) is 0 Å². The van der Waals surface area contributed by atoms with E-state index in [0.717, 1.165) is 0 Å². The molecule has 1 atom stereocenters. The minimum Gasteiger partial charge on any atom is -0.396 e. The van der Waals surface area contributed by atoms with Crippen LogP contribution in [0.25, 0.3) is 0 Å². The first-order valence-corrected chi connectivity index (χ1v) is 5.95. The summed E-state index contributed by atoms with van der Waals surface area (Å²) in [6.07, 6.45) is 1.29. The summed E-state index contributed by atoms with van der Waals surface area (Å²) in [7, 11) is 0. The molecule has 100 valence electrons. The second kappa shape index (κ2) is 6.30. The molecule has 0 aliphatic carbocycles. The van der Waals surface area contributed by atoms with Gasteiger partial charge >= 0.3 is 0 Å². The Bertz CT molecular complexity index is 482. The van der Waals surface area contributed by atoms with Crippen molar-refractivity contribution in [3.63, 3.8) is 0 Å². The number of H-pyrrole nitrogens is 1. The van der Waals surface area contributed by atoms with E-state index in [1.807, 2.05) is 6.92 Å². The number of hydrogen-bond acceptors (Lipinski definition) is 4. The Balaban J connectivity index is 2.85. The molecule has 6 nitrogen and oxygen atoms in total. The van der Waals surface area contributed by atoms with Gasteiger partial charge in [0.15, 0.2) is 0 Å². The monoisotopic (exact) mass is 253 g/mol. The Labute approximate surface area is 105 Å². The first kappa shape index (κ1) is 14.4. The largest absolute Gasteiger partial charge is 0.396 e. The van der Waals surface area contributed by atoms with Crippen LogP contribution < -0.4 is 10.9 Å². The number of aryl methyl sites for hydroxylation is 1. The van der Waals surface area contributed by atoms with Gasteiger partial charge in [-0.2, -0.15) is 5.10 Å². The predicted molar refractivity (Wildman–Crippen MR) is 67.6 cm³/mol. The summed E-state index contributed by atoms with van der Waals surface area (Å²) in [5.74, 6) is -0.398. The lowest BCUT2D eigenvalue weighted by atomic mass is 10.1. The van der Waals surface area contributed by atoms with Crippen molar-refractivity contribution in [3.8, 4) is 0 Å². The molecule has 0 bridgehead atoms. The maximum Gasteiger partial charge on any atom is 0.277 e. The maximum absolute atomic E-state index is 12.0. The number of carbonyl (C=O) groups excluding carboxylic acids is 1. The van der Waals surface area contributed by atoms with Crippen LogP contribution in [0.15, 0.2) is 4.79 Å². The summed E-state index contributed by atoms with van der Waals surface area (Å²) in [4.78, 5) is 23.6. The number of carbonyl (C=O) groups is 1. The fourth-order valence-electron chi connectivity index (χ4n) is 1.66. The van der Waals surface area contributed by atoms with Crippen molar-refractivity contribution in [2.75, 3.05) is 6.61 Å². The molecule has 0 aromatic carbocycles. The Hall–Kier alpha value is -1.69. The lowest BCUT2D eigenvalue weighted by molar-refractivity contribution is 0.0934. The smallest absolute Gasteiger partial charge is 0.277 e. The fourth-order valence-corrected chi connectivity index (χ4v) is 1.66. The summed E-state index contributed by atoms with van der Waals surface area (Å²) < 4.78 is 0. The molecule has 0 aliphatic heterocycles. The van der Waals surface area contributed by atoms with Gasteiger partial charge in [-0.25, -0.2) is 5.10 Å². The third kappa shape index (κ3) is 3.40. The Kier molecular flexibility index (Phi) is 5.03. The van der Waals surface area contributed by atoms with Crippen molar-refractivity contribution in [1.82, 2.24) is 15.5 Å². The van der Waals surface area contributed by atoms with E-state index >= 15 is 0 Å². The first-order valence-electron chi connectivity index (χ1n) is 5.95. The highest BCUT2D eigenvalue weighted by atomic mass is 16.3. The molecule has 0 saturated heterocycles. The third-order valence-electron chi connectivity index (χ3n) is 2.87. The van der Waals surface area contributed by atoms with Gasteiger partial charge in [0.2, 0.25) is 0 Å². The maximum atomic E-state index is 12.0. The second-order valence-corrected chi connectivity index (χ2v) is 4.38. The van der Waals surface area contributed by atoms with Crippen LogP contribution in [0.3, 0.4) is 0 Å². The standard InChI is InChI=1S/C12H19N3O3/c1-7(5-4-6-16)13-11(17)10-8(2)9(3)14-15-12(10)18/h7,16H,4-6H2,1-3H3,(H,13,17)(H,15,18). The van der Waals surface area contributed by atoms with E-state index < -0.39 is 11.5 Å². The minimum atomic E-state index is -0.482. The predicted octanol–water partition coefficient (Wildman–Crippen LogP) is 0.278. The number of aromatic amines is 1. The highest BCUT2D eigenvalue weighted by molar-refractivity contribution is 5.95. The molecule has 1 aromatic heterocycles. The number of aromatic nitrogens is 2. The summed E-state index contributed by atoms with van der Waals surface area (Å²) in [6.45, 7) is 5.36. The molecule has 1 unspecified atom stereocenters. The first-order chi connectivity index (χ1) is 8.47. The number of aliphatic hydroxyl groups is 1. The van der Waals surface area contributed by atoms with Crippen molar-refractivity contribution in [1.29, 1.82) is 0 Å². The zero-order valence-electron chi connectivity index (χ0n) is 10.9. The normalized spacial score (nSPS) is 12.2. The van der Waals surface area contributed by atoms with Crippen molar-refractivity contribution in [2.45, 2.75) is 39.7 Å². The second-order valence-electron chi connectivity index (χ2n) is 4.38. The average molecular weight is 253 g/mol. The van der Waals surface area contributed by atoms with E-state index in [4.69, 9.17) is 5.11 Å². The van der Waals surface area contributed by atoms with E-state index in [9.17, 15) is 9.59 Å². The molecule has 0 radical (unpaired) electrons. The number of hydrogen-bond donors (Lipinski definition) is 3. The SMILES string of the molecule is Cc1n[nH]c(=O)c(C(=O)NC(C)CCCO)c1C. The van der Waals surface area contributed by atoms with Crippen molar-refractivity contribution in [2.24, 2.45) is 0 Å². The molecule has 1 heterocycles. The Morgan fingerprint density at radius 3 is 2.78 bits per heavy atom. The summed E-state index contributed by atoms with van der Waals surface area (Å²) in [6, 6.07) is -0.0862. The Morgan fingerprint density at radius 2 is 2.17 bits per heavy atom. The number of amides is 1. The molecular weight excluding hydrogens is 234 g/mol. The van der Waals surface area contributed by atoms with Crippen LogP contribution in [0, 0.1) is 13.8 Å². The molecule has 0 aliphatic rings. The molecule has 6 heteroatoms. The van der Waals surface area contributed by atoms with E-state index in [1.165, 1.54) is 0 Å². The molecule has 0 spiro atoms. The number of nitrogens with zero attached hydrogens (tertiary/aromatic N) is 1. The van der Waals surface area contributed by atoms with Gasteiger partial charge in [0.05, 0.1) is 5.69 Å². The zero-order chi connectivity index (χ0) is 13.7. The molecular formula is C12H19N3O3. The summed E-state index contributed by atoms with van der Waals surface area (Å²) in [5.41, 5.74) is 0.844. The molecule has 1 amide bonds. The fraction of sp³-hybridized carbons (Fsp3) is 0.583. The molecule has 18 heavy (non-hydrogen) atoms. The van der Waals surface area contributed by atoms with Crippen molar-refractivity contribution >= 4 is 5.91 Å². The van der Waals surface area contributed by atoms with Crippen molar-refractivity contribution < 1.29 is 9.90 Å². The van der Waals surface area contributed by atoms with Crippen LogP contribution in [0.5, 0.6) is 0 Å². The van der Waals surface area contributed by atoms with E-state index in [1.54, 1.807) is 13.8 Å². The molecule has 1 rings (SSSR count). The minimum absolute atomic E-state index is 0.0862. The van der Waals surface area contributed by atoms with Crippen LogP contribution in [0.1, 0.15) is 41.4 Å². The third-order valence-corrected chi connectivity index (χ3v) is 2.87. The molecule has 0 fully saturated rings. The van der Waals surface area contributed by atoms with E-state index in [-0.39, 0.29) is 18.2 Å². The number of nitrogens with one attached hydrogen (secondary N) is 2.